The predicted octanol–water partition coefficient (Wildman–Crippen LogP) is 4.13. The first-order valence-corrected chi connectivity index (χ1v) is 8.31. The molecule has 1 aromatic rings. The summed E-state index contributed by atoms with van der Waals surface area (Å²) in [6.45, 7) is 3.89. The quantitative estimate of drug-likeness (QED) is 0.586. The third-order valence-electron chi connectivity index (χ3n) is 3.98. The average Bonchev–Trinajstić information content (AvgIpc) is 2.64. The fourth-order valence-corrected chi connectivity index (χ4v) is 3.18. The maximum atomic E-state index is 12.4. The van der Waals surface area contributed by atoms with Crippen molar-refractivity contribution in [3.63, 3.8) is 0 Å². The molecule has 2 rings (SSSR count). The van der Waals surface area contributed by atoms with Gasteiger partial charge in [0.25, 0.3) is 0 Å². The number of hydrogen-bond donors (Lipinski definition) is 0. The topological polar surface area (TPSA) is 20.3 Å². The van der Waals surface area contributed by atoms with E-state index in [2.05, 4.69) is 34.4 Å². The van der Waals surface area contributed by atoms with Gasteiger partial charge in [0.15, 0.2) is 5.78 Å². The lowest BCUT2D eigenvalue weighted by Crippen LogP contribution is -2.38. The second kappa shape index (κ2) is 7.39. The van der Waals surface area contributed by atoms with Gasteiger partial charge in [0.05, 0.1) is 6.54 Å². The van der Waals surface area contributed by atoms with Gasteiger partial charge in [0.2, 0.25) is 0 Å². The van der Waals surface area contributed by atoms with Crippen LogP contribution in [0.3, 0.4) is 0 Å². The van der Waals surface area contributed by atoms with Gasteiger partial charge in [0, 0.05) is 15.2 Å². The van der Waals surface area contributed by atoms with E-state index in [9.17, 15) is 4.79 Å². The minimum atomic E-state index is 0.261. The number of rotatable bonds is 4. The Labute approximate surface area is 129 Å². The molecule has 1 aliphatic heterocycles. The zero-order chi connectivity index (χ0) is 13.7. The van der Waals surface area contributed by atoms with Crippen LogP contribution in [0.1, 0.15) is 49.4 Å². The number of ketones is 1. The molecule has 1 fully saturated rings. The van der Waals surface area contributed by atoms with Crippen molar-refractivity contribution >= 4 is 28.4 Å². The molecule has 2 nitrogen and oxygen atoms in total. The Morgan fingerprint density at radius 3 is 2.68 bits per heavy atom. The number of carbonyl (C=O) groups is 1. The van der Waals surface area contributed by atoms with E-state index < -0.39 is 0 Å². The molecule has 0 saturated carbocycles. The molecule has 19 heavy (non-hydrogen) atoms. The zero-order valence-corrected chi connectivity index (χ0v) is 13.7. The highest BCUT2D eigenvalue weighted by molar-refractivity contribution is 14.1. The number of carbonyl (C=O) groups excluding carboxylic acids is 1. The van der Waals surface area contributed by atoms with E-state index in [1.807, 2.05) is 24.3 Å². The van der Waals surface area contributed by atoms with E-state index in [4.69, 9.17) is 0 Å². The van der Waals surface area contributed by atoms with Crippen LogP contribution in [0.4, 0.5) is 0 Å². The second-order valence-corrected chi connectivity index (χ2v) is 6.56. The predicted molar refractivity (Wildman–Crippen MR) is 87.6 cm³/mol. The van der Waals surface area contributed by atoms with Crippen molar-refractivity contribution in [1.82, 2.24) is 4.90 Å². The Hall–Kier alpha value is -0.420. The summed E-state index contributed by atoms with van der Waals surface area (Å²) >= 11 is 2.27. The molecule has 1 atom stereocenters. The van der Waals surface area contributed by atoms with Gasteiger partial charge in [-0.05, 0) is 60.5 Å². The van der Waals surface area contributed by atoms with Crippen LogP contribution in [0.25, 0.3) is 0 Å². The fourth-order valence-electron chi connectivity index (χ4n) is 2.82. The molecule has 1 aliphatic rings. The number of halogens is 1. The Bertz CT molecular complexity index is 415. The third kappa shape index (κ3) is 4.28. The van der Waals surface area contributed by atoms with Crippen molar-refractivity contribution in [3.05, 3.63) is 33.4 Å². The van der Waals surface area contributed by atoms with Crippen LogP contribution in [-0.4, -0.2) is 29.8 Å². The van der Waals surface area contributed by atoms with E-state index in [0.29, 0.717) is 12.6 Å². The van der Waals surface area contributed by atoms with E-state index in [1.54, 1.807) is 0 Å². The molecule has 0 aliphatic carbocycles. The molecular weight excluding hydrogens is 349 g/mol. The van der Waals surface area contributed by atoms with Crippen LogP contribution in [0.15, 0.2) is 24.3 Å². The van der Waals surface area contributed by atoms with Crippen molar-refractivity contribution < 1.29 is 4.79 Å². The van der Waals surface area contributed by atoms with Gasteiger partial charge in [0.1, 0.15) is 0 Å². The molecule has 0 radical (unpaired) electrons. The lowest BCUT2D eigenvalue weighted by Gasteiger charge is -2.28. The summed E-state index contributed by atoms with van der Waals surface area (Å²) in [6, 6.07) is 8.50. The highest BCUT2D eigenvalue weighted by Crippen LogP contribution is 2.19. The SMILES string of the molecule is CCC1CCCCCN1CC(=O)c1ccc(I)cc1. The minimum absolute atomic E-state index is 0.261. The summed E-state index contributed by atoms with van der Waals surface area (Å²) in [5, 5.41) is 0. The number of Topliss-reactive ketones (excluding diaryl/α,β-unsaturated/α-hetero) is 1. The van der Waals surface area contributed by atoms with Crippen LogP contribution in [0.2, 0.25) is 0 Å². The van der Waals surface area contributed by atoms with Crippen molar-refractivity contribution in [2.24, 2.45) is 0 Å². The van der Waals surface area contributed by atoms with Crippen LogP contribution in [-0.2, 0) is 0 Å². The molecule has 1 aromatic carbocycles. The number of nitrogens with zero attached hydrogens (tertiary/aromatic N) is 1. The molecule has 1 heterocycles. The normalized spacial score (nSPS) is 21.1. The van der Waals surface area contributed by atoms with Crippen LogP contribution < -0.4 is 0 Å². The van der Waals surface area contributed by atoms with Crippen LogP contribution in [0, 0.1) is 3.57 Å². The van der Waals surface area contributed by atoms with E-state index in [-0.39, 0.29) is 5.78 Å². The van der Waals surface area contributed by atoms with Crippen LogP contribution >= 0.6 is 22.6 Å². The molecule has 0 amide bonds. The minimum Gasteiger partial charge on any atom is -0.293 e. The Kier molecular flexibility index (Phi) is 5.82. The molecule has 0 N–H and O–H groups in total. The summed E-state index contributed by atoms with van der Waals surface area (Å²) in [6.07, 6.45) is 6.25. The number of hydrogen-bond acceptors (Lipinski definition) is 2. The van der Waals surface area contributed by atoms with Crippen molar-refractivity contribution in [3.8, 4) is 0 Å². The summed E-state index contributed by atoms with van der Waals surface area (Å²) < 4.78 is 1.18. The van der Waals surface area contributed by atoms with E-state index in [0.717, 1.165) is 18.5 Å². The van der Waals surface area contributed by atoms with Gasteiger partial charge in [-0.3, -0.25) is 9.69 Å². The Balaban J connectivity index is 2.01. The maximum absolute atomic E-state index is 12.4. The Morgan fingerprint density at radius 1 is 1.26 bits per heavy atom. The van der Waals surface area contributed by atoms with Gasteiger partial charge in [-0.2, -0.15) is 0 Å². The second-order valence-electron chi connectivity index (χ2n) is 5.31. The first-order valence-electron chi connectivity index (χ1n) is 7.23. The molecule has 3 heteroatoms. The lowest BCUT2D eigenvalue weighted by atomic mass is 10.1. The number of likely N-dealkylation sites (tertiary alicyclic amines) is 1. The highest BCUT2D eigenvalue weighted by Gasteiger charge is 2.21. The molecular formula is C16H22INO. The first-order chi connectivity index (χ1) is 9.20. The molecule has 104 valence electrons. The average molecular weight is 371 g/mol. The maximum Gasteiger partial charge on any atom is 0.176 e. The highest BCUT2D eigenvalue weighted by atomic mass is 127. The molecule has 0 aromatic heterocycles. The standard InChI is InChI=1S/C16H22INO/c1-2-15-6-4-3-5-11-18(15)12-16(19)13-7-9-14(17)10-8-13/h7-10,15H,2-6,11-12H2,1H3. The smallest absolute Gasteiger partial charge is 0.176 e. The monoisotopic (exact) mass is 371 g/mol. The summed E-state index contributed by atoms with van der Waals surface area (Å²) in [7, 11) is 0. The van der Waals surface area contributed by atoms with Crippen LogP contribution in [0.5, 0.6) is 0 Å². The van der Waals surface area contributed by atoms with Gasteiger partial charge >= 0.3 is 0 Å². The van der Waals surface area contributed by atoms with Gasteiger partial charge in [-0.1, -0.05) is 31.9 Å². The van der Waals surface area contributed by atoms with Gasteiger partial charge in [-0.15, -0.1) is 0 Å². The Morgan fingerprint density at radius 2 is 2.00 bits per heavy atom. The van der Waals surface area contributed by atoms with E-state index >= 15 is 0 Å². The largest absolute Gasteiger partial charge is 0.293 e. The summed E-state index contributed by atoms with van der Waals surface area (Å²) in [5.41, 5.74) is 0.847. The fraction of sp³-hybridized carbons (Fsp3) is 0.562. The van der Waals surface area contributed by atoms with E-state index in [1.165, 1.54) is 29.3 Å². The van der Waals surface area contributed by atoms with Crippen molar-refractivity contribution in [1.29, 1.82) is 0 Å². The third-order valence-corrected chi connectivity index (χ3v) is 4.70. The molecule has 1 unspecified atom stereocenters. The van der Waals surface area contributed by atoms with Crippen molar-refractivity contribution in [2.75, 3.05) is 13.1 Å². The number of benzene rings is 1. The van der Waals surface area contributed by atoms with Gasteiger partial charge < -0.3 is 0 Å². The molecule has 1 saturated heterocycles. The zero-order valence-electron chi connectivity index (χ0n) is 11.6. The van der Waals surface area contributed by atoms with Gasteiger partial charge in [-0.25, -0.2) is 0 Å². The molecule has 0 bridgehead atoms. The molecule has 0 spiro atoms. The first kappa shape index (κ1) is 15.0. The lowest BCUT2D eigenvalue weighted by molar-refractivity contribution is 0.0890. The summed E-state index contributed by atoms with van der Waals surface area (Å²) in [5.74, 6) is 0.261. The van der Waals surface area contributed by atoms with Crippen molar-refractivity contribution in [2.45, 2.75) is 45.1 Å². The summed E-state index contributed by atoms with van der Waals surface area (Å²) in [4.78, 5) is 14.7.